The SMILES string of the molecule is CCCCCCCCCC1CCC(OCC2CCC(CCCCCCCCC)(c3ccccc3)CC2)CC1. The highest BCUT2D eigenvalue weighted by molar-refractivity contribution is 5.26. The fourth-order valence-electron chi connectivity index (χ4n) is 7.54. The molecule has 1 heteroatoms. The monoisotopic (exact) mass is 524 g/mol. The van der Waals surface area contributed by atoms with Crippen molar-refractivity contribution < 1.29 is 4.74 Å². The highest BCUT2D eigenvalue weighted by Gasteiger charge is 2.36. The van der Waals surface area contributed by atoms with E-state index >= 15 is 0 Å². The summed E-state index contributed by atoms with van der Waals surface area (Å²) in [6.07, 6.45) is 34.3. The second-order valence-electron chi connectivity index (χ2n) is 13.3. The van der Waals surface area contributed by atoms with Crippen LogP contribution in [0.5, 0.6) is 0 Å². The van der Waals surface area contributed by atoms with E-state index < -0.39 is 0 Å². The highest BCUT2D eigenvalue weighted by atomic mass is 16.5. The van der Waals surface area contributed by atoms with Crippen LogP contribution in [0.4, 0.5) is 0 Å². The molecule has 2 saturated carbocycles. The van der Waals surface area contributed by atoms with E-state index in [4.69, 9.17) is 4.74 Å². The quantitative estimate of drug-likeness (QED) is 0.154. The molecule has 1 aromatic carbocycles. The summed E-state index contributed by atoms with van der Waals surface area (Å²) in [6, 6.07) is 11.6. The summed E-state index contributed by atoms with van der Waals surface area (Å²) in [7, 11) is 0. The van der Waals surface area contributed by atoms with Crippen LogP contribution in [0.2, 0.25) is 0 Å². The standard InChI is InChI=1S/C37H64O/c1-3-5-7-9-11-13-16-20-33-23-25-36(26-24-33)38-32-34-27-30-37(31-28-34,35-21-17-15-18-22-35)29-19-14-12-10-8-6-4-2/h15,17-18,21-22,33-34,36H,3-14,16,19-20,23-32H2,1-2H3. The van der Waals surface area contributed by atoms with Gasteiger partial charge in [-0.15, -0.1) is 0 Å². The molecule has 3 rings (SSSR count). The van der Waals surface area contributed by atoms with Crippen LogP contribution in [0.25, 0.3) is 0 Å². The first-order valence-electron chi connectivity index (χ1n) is 17.4. The fourth-order valence-corrected chi connectivity index (χ4v) is 7.54. The van der Waals surface area contributed by atoms with Gasteiger partial charge in [0, 0.05) is 6.61 Å². The Morgan fingerprint density at radius 1 is 0.605 bits per heavy atom. The van der Waals surface area contributed by atoms with Crippen molar-refractivity contribution in [2.75, 3.05) is 6.61 Å². The first kappa shape index (κ1) is 31.7. The number of ether oxygens (including phenoxy) is 1. The van der Waals surface area contributed by atoms with E-state index in [1.165, 1.54) is 154 Å². The summed E-state index contributed by atoms with van der Waals surface area (Å²) >= 11 is 0. The summed E-state index contributed by atoms with van der Waals surface area (Å²) in [5.41, 5.74) is 2.04. The third-order valence-electron chi connectivity index (χ3n) is 10.3. The first-order valence-corrected chi connectivity index (χ1v) is 17.4. The molecule has 0 spiro atoms. The predicted octanol–water partition coefficient (Wildman–Crippen LogP) is 12.0. The van der Waals surface area contributed by atoms with Crippen LogP contribution >= 0.6 is 0 Å². The minimum atomic E-state index is 0.426. The molecule has 0 saturated heterocycles. The molecule has 0 aliphatic heterocycles. The van der Waals surface area contributed by atoms with Gasteiger partial charge in [-0.1, -0.05) is 140 Å². The molecule has 1 nitrogen and oxygen atoms in total. The van der Waals surface area contributed by atoms with E-state index in [1.807, 2.05) is 0 Å². The van der Waals surface area contributed by atoms with Gasteiger partial charge < -0.3 is 4.74 Å². The second kappa shape index (κ2) is 19.3. The van der Waals surface area contributed by atoms with E-state index in [-0.39, 0.29) is 0 Å². The van der Waals surface area contributed by atoms with Gasteiger partial charge in [0.2, 0.25) is 0 Å². The Bertz CT molecular complexity index is 665. The molecule has 0 N–H and O–H groups in total. The number of hydrogen-bond acceptors (Lipinski definition) is 1. The third kappa shape index (κ3) is 11.7. The molecule has 1 aromatic rings. The van der Waals surface area contributed by atoms with Gasteiger partial charge in [-0.25, -0.2) is 0 Å². The molecule has 0 amide bonds. The molecule has 218 valence electrons. The molecule has 0 atom stereocenters. The van der Waals surface area contributed by atoms with Crippen LogP contribution < -0.4 is 0 Å². The van der Waals surface area contributed by atoms with Gasteiger partial charge in [-0.3, -0.25) is 0 Å². The maximum absolute atomic E-state index is 6.57. The van der Waals surface area contributed by atoms with Crippen molar-refractivity contribution >= 4 is 0 Å². The molecule has 0 bridgehead atoms. The lowest BCUT2D eigenvalue weighted by atomic mass is 9.64. The summed E-state index contributed by atoms with van der Waals surface area (Å²) in [6.45, 7) is 5.65. The van der Waals surface area contributed by atoms with Crippen LogP contribution in [0, 0.1) is 11.8 Å². The lowest BCUT2D eigenvalue weighted by molar-refractivity contribution is -0.0122. The molecule has 0 radical (unpaired) electrons. The Morgan fingerprint density at radius 2 is 1.16 bits per heavy atom. The largest absolute Gasteiger partial charge is 0.378 e. The van der Waals surface area contributed by atoms with Crippen molar-refractivity contribution in [2.24, 2.45) is 11.8 Å². The van der Waals surface area contributed by atoms with E-state index in [0.717, 1.165) is 18.4 Å². The topological polar surface area (TPSA) is 9.23 Å². The van der Waals surface area contributed by atoms with Crippen molar-refractivity contribution in [1.29, 1.82) is 0 Å². The van der Waals surface area contributed by atoms with Gasteiger partial charge in [0.05, 0.1) is 6.10 Å². The molecular formula is C37H64O. The molecule has 2 aliphatic carbocycles. The van der Waals surface area contributed by atoms with E-state index in [1.54, 1.807) is 5.56 Å². The number of rotatable bonds is 20. The zero-order valence-corrected chi connectivity index (χ0v) is 25.7. The van der Waals surface area contributed by atoms with Crippen molar-refractivity contribution in [2.45, 2.75) is 179 Å². The van der Waals surface area contributed by atoms with Gasteiger partial charge >= 0.3 is 0 Å². The van der Waals surface area contributed by atoms with Gasteiger partial charge in [-0.2, -0.15) is 0 Å². The van der Waals surface area contributed by atoms with Gasteiger partial charge in [-0.05, 0) is 80.6 Å². The number of benzene rings is 1. The molecule has 0 aromatic heterocycles. The zero-order valence-electron chi connectivity index (χ0n) is 25.7. The van der Waals surface area contributed by atoms with Crippen LogP contribution in [0.15, 0.2) is 30.3 Å². The second-order valence-corrected chi connectivity index (χ2v) is 13.3. The normalized spacial score (nSPS) is 26.0. The Kier molecular flexibility index (Phi) is 16.1. The fraction of sp³-hybridized carbons (Fsp3) is 0.838. The highest BCUT2D eigenvalue weighted by Crippen LogP contribution is 2.45. The van der Waals surface area contributed by atoms with Crippen LogP contribution in [0.1, 0.15) is 174 Å². The third-order valence-corrected chi connectivity index (χ3v) is 10.3. The Hall–Kier alpha value is -0.820. The van der Waals surface area contributed by atoms with Crippen molar-refractivity contribution in [1.82, 2.24) is 0 Å². The minimum absolute atomic E-state index is 0.426. The molecule has 0 heterocycles. The maximum Gasteiger partial charge on any atom is 0.0575 e. The van der Waals surface area contributed by atoms with Crippen LogP contribution in [-0.2, 0) is 10.2 Å². The minimum Gasteiger partial charge on any atom is -0.378 e. The van der Waals surface area contributed by atoms with Gasteiger partial charge in [0.1, 0.15) is 0 Å². The molecule has 38 heavy (non-hydrogen) atoms. The summed E-state index contributed by atoms with van der Waals surface area (Å²) in [4.78, 5) is 0. The van der Waals surface area contributed by atoms with Crippen LogP contribution in [-0.4, -0.2) is 12.7 Å². The van der Waals surface area contributed by atoms with Gasteiger partial charge in [0.25, 0.3) is 0 Å². The van der Waals surface area contributed by atoms with E-state index in [2.05, 4.69) is 44.2 Å². The summed E-state index contributed by atoms with van der Waals surface area (Å²) in [5.74, 6) is 1.77. The number of hydrogen-bond donors (Lipinski definition) is 0. The molecule has 0 unspecified atom stereocenters. The van der Waals surface area contributed by atoms with Crippen LogP contribution in [0.3, 0.4) is 0 Å². The first-order chi connectivity index (χ1) is 18.8. The van der Waals surface area contributed by atoms with Gasteiger partial charge in [0.15, 0.2) is 0 Å². The molecular weight excluding hydrogens is 460 g/mol. The zero-order chi connectivity index (χ0) is 26.7. The lowest BCUT2D eigenvalue weighted by Gasteiger charge is -2.41. The Labute approximate surface area is 238 Å². The lowest BCUT2D eigenvalue weighted by Crippen LogP contribution is -2.34. The Morgan fingerprint density at radius 3 is 1.76 bits per heavy atom. The van der Waals surface area contributed by atoms with Crippen molar-refractivity contribution in [3.05, 3.63) is 35.9 Å². The Balaban J connectivity index is 1.31. The smallest absolute Gasteiger partial charge is 0.0575 e. The van der Waals surface area contributed by atoms with Crippen molar-refractivity contribution in [3.8, 4) is 0 Å². The number of unbranched alkanes of at least 4 members (excludes halogenated alkanes) is 12. The molecule has 2 fully saturated rings. The predicted molar refractivity (Wildman–Crippen MR) is 167 cm³/mol. The molecule has 2 aliphatic rings. The maximum atomic E-state index is 6.57. The average Bonchev–Trinajstić information content (AvgIpc) is 2.97. The average molecular weight is 525 g/mol. The van der Waals surface area contributed by atoms with E-state index in [0.29, 0.717) is 11.5 Å². The van der Waals surface area contributed by atoms with E-state index in [9.17, 15) is 0 Å². The van der Waals surface area contributed by atoms with Crippen molar-refractivity contribution in [3.63, 3.8) is 0 Å². The summed E-state index contributed by atoms with van der Waals surface area (Å²) < 4.78 is 6.57. The summed E-state index contributed by atoms with van der Waals surface area (Å²) in [5, 5.41) is 0.